The van der Waals surface area contributed by atoms with Crippen molar-refractivity contribution in [2.75, 3.05) is 26.4 Å². The van der Waals surface area contributed by atoms with E-state index in [1.165, 1.54) is 19.3 Å². The van der Waals surface area contributed by atoms with E-state index in [0.717, 1.165) is 37.4 Å². The van der Waals surface area contributed by atoms with E-state index in [1.807, 2.05) is 18.2 Å². The molecule has 1 atom stereocenters. The normalized spacial score (nSPS) is 18.6. The van der Waals surface area contributed by atoms with Crippen LogP contribution in [0.25, 0.3) is 0 Å². The van der Waals surface area contributed by atoms with Crippen molar-refractivity contribution in [1.82, 2.24) is 4.90 Å². The number of carbonyl (C=O) groups is 1. The number of ketones is 1. The van der Waals surface area contributed by atoms with Gasteiger partial charge < -0.3 is 14.4 Å². The van der Waals surface area contributed by atoms with Crippen molar-refractivity contribution in [3.05, 3.63) is 23.8 Å². The van der Waals surface area contributed by atoms with E-state index in [2.05, 4.69) is 11.8 Å². The topological polar surface area (TPSA) is 38.8 Å². The van der Waals surface area contributed by atoms with Crippen LogP contribution in [-0.4, -0.2) is 37.1 Å². The van der Waals surface area contributed by atoms with Crippen molar-refractivity contribution >= 4 is 18.2 Å². The molecule has 1 aromatic rings. The first kappa shape index (κ1) is 17.1. The van der Waals surface area contributed by atoms with Gasteiger partial charge in [0.1, 0.15) is 0 Å². The number of hydrogen-bond donors (Lipinski definition) is 0. The van der Waals surface area contributed by atoms with Gasteiger partial charge in [0, 0.05) is 18.0 Å². The van der Waals surface area contributed by atoms with Crippen LogP contribution in [0.1, 0.15) is 43.0 Å². The standard InChI is InChI=1S/C17H23NO3.ClH/c1-2-13(11-18-8-4-3-5-9-18)17(19)14-6-7-15-16(10-14)21-12-20-15;/h6-7,10,13H,2-5,8-9,11-12H2,1H3;1H. The van der Waals surface area contributed by atoms with Crippen LogP contribution in [0.3, 0.4) is 0 Å². The number of benzene rings is 1. The third-order valence-electron chi connectivity index (χ3n) is 4.45. The molecule has 22 heavy (non-hydrogen) atoms. The molecule has 1 saturated heterocycles. The van der Waals surface area contributed by atoms with Gasteiger partial charge in [-0.2, -0.15) is 0 Å². The molecule has 4 nitrogen and oxygen atoms in total. The second kappa shape index (κ2) is 7.84. The molecule has 3 rings (SSSR count). The smallest absolute Gasteiger partial charge is 0.231 e. The zero-order valence-electron chi connectivity index (χ0n) is 13.0. The van der Waals surface area contributed by atoms with E-state index >= 15 is 0 Å². The van der Waals surface area contributed by atoms with E-state index in [4.69, 9.17) is 9.47 Å². The van der Waals surface area contributed by atoms with Gasteiger partial charge in [-0.1, -0.05) is 13.3 Å². The summed E-state index contributed by atoms with van der Waals surface area (Å²) in [4.78, 5) is 15.2. The van der Waals surface area contributed by atoms with Crippen molar-refractivity contribution in [2.45, 2.75) is 32.6 Å². The second-order valence-electron chi connectivity index (χ2n) is 5.90. The SMILES string of the molecule is CCC(CN1CCCCC1)C(=O)c1ccc2c(c1)OCO2.Cl. The van der Waals surface area contributed by atoms with Gasteiger partial charge >= 0.3 is 0 Å². The number of carbonyl (C=O) groups excluding carboxylic acids is 1. The number of likely N-dealkylation sites (tertiary alicyclic amines) is 1. The zero-order chi connectivity index (χ0) is 14.7. The first-order valence-electron chi connectivity index (χ1n) is 7.94. The molecular weight excluding hydrogens is 302 g/mol. The Balaban J connectivity index is 0.00000176. The number of halogens is 1. The summed E-state index contributed by atoms with van der Waals surface area (Å²) < 4.78 is 10.7. The predicted octanol–water partition coefficient (Wildman–Crippen LogP) is 3.53. The lowest BCUT2D eigenvalue weighted by Crippen LogP contribution is -2.36. The number of rotatable bonds is 5. The summed E-state index contributed by atoms with van der Waals surface area (Å²) in [5, 5.41) is 0. The van der Waals surface area contributed by atoms with E-state index in [1.54, 1.807) is 0 Å². The Morgan fingerprint density at radius 1 is 1.18 bits per heavy atom. The number of hydrogen-bond acceptors (Lipinski definition) is 4. The van der Waals surface area contributed by atoms with Crippen LogP contribution < -0.4 is 9.47 Å². The lowest BCUT2D eigenvalue weighted by Gasteiger charge is -2.29. The number of fused-ring (bicyclic) bond motifs is 1. The quantitative estimate of drug-likeness (QED) is 0.776. The van der Waals surface area contributed by atoms with Crippen LogP contribution in [0, 0.1) is 5.92 Å². The highest BCUT2D eigenvalue weighted by molar-refractivity contribution is 5.98. The maximum Gasteiger partial charge on any atom is 0.231 e. The minimum absolute atomic E-state index is 0. The molecule has 5 heteroatoms. The molecule has 0 saturated carbocycles. The second-order valence-corrected chi connectivity index (χ2v) is 5.90. The maximum atomic E-state index is 12.7. The molecule has 0 amide bonds. The van der Waals surface area contributed by atoms with Crippen LogP contribution in [0.2, 0.25) is 0 Å². The Hall–Kier alpha value is -1.26. The van der Waals surface area contributed by atoms with Gasteiger partial charge in [-0.3, -0.25) is 4.79 Å². The molecule has 0 radical (unpaired) electrons. The summed E-state index contributed by atoms with van der Waals surface area (Å²) in [6.07, 6.45) is 4.72. The van der Waals surface area contributed by atoms with Gasteiger partial charge in [0.25, 0.3) is 0 Å². The van der Waals surface area contributed by atoms with Crippen LogP contribution in [0.15, 0.2) is 18.2 Å². The van der Waals surface area contributed by atoms with E-state index in [9.17, 15) is 4.79 Å². The van der Waals surface area contributed by atoms with Gasteiger partial charge in [-0.15, -0.1) is 12.4 Å². The van der Waals surface area contributed by atoms with E-state index < -0.39 is 0 Å². The fourth-order valence-corrected chi connectivity index (χ4v) is 3.14. The summed E-state index contributed by atoms with van der Waals surface area (Å²) in [5.41, 5.74) is 0.739. The fraction of sp³-hybridized carbons (Fsp3) is 0.588. The molecular formula is C17H24ClNO3. The Morgan fingerprint density at radius 2 is 1.91 bits per heavy atom. The van der Waals surface area contributed by atoms with Crippen LogP contribution in [0.4, 0.5) is 0 Å². The monoisotopic (exact) mass is 325 g/mol. The highest BCUT2D eigenvalue weighted by Crippen LogP contribution is 2.33. The highest BCUT2D eigenvalue weighted by Gasteiger charge is 2.24. The van der Waals surface area contributed by atoms with Gasteiger partial charge in [0.2, 0.25) is 6.79 Å². The molecule has 0 spiro atoms. The predicted molar refractivity (Wildman–Crippen MR) is 88.2 cm³/mol. The summed E-state index contributed by atoms with van der Waals surface area (Å²) in [7, 11) is 0. The Morgan fingerprint density at radius 3 is 2.64 bits per heavy atom. The van der Waals surface area contributed by atoms with Crippen molar-refractivity contribution in [3.8, 4) is 11.5 Å². The number of Topliss-reactive ketones (excluding diaryl/α,β-unsaturated/α-hetero) is 1. The van der Waals surface area contributed by atoms with Crippen molar-refractivity contribution < 1.29 is 14.3 Å². The number of piperidine rings is 1. The lowest BCUT2D eigenvalue weighted by atomic mass is 9.93. The van der Waals surface area contributed by atoms with Gasteiger partial charge in [0.05, 0.1) is 0 Å². The molecule has 1 unspecified atom stereocenters. The summed E-state index contributed by atoms with van der Waals surface area (Å²) in [6.45, 7) is 5.48. The molecule has 1 aromatic carbocycles. The third kappa shape index (κ3) is 3.73. The molecule has 0 N–H and O–H groups in total. The van der Waals surface area contributed by atoms with Gasteiger partial charge in [-0.25, -0.2) is 0 Å². The molecule has 2 aliphatic heterocycles. The largest absolute Gasteiger partial charge is 0.454 e. The highest BCUT2D eigenvalue weighted by atomic mass is 35.5. The molecule has 0 aliphatic carbocycles. The molecule has 1 fully saturated rings. The molecule has 2 heterocycles. The average Bonchev–Trinajstić information content (AvgIpc) is 3.00. The van der Waals surface area contributed by atoms with Crippen LogP contribution in [-0.2, 0) is 0 Å². The van der Waals surface area contributed by atoms with Crippen LogP contribution >= 0.6 is 12.4 Å². The molecule has 2 aliphatic rings. The van der Waals surface area contributed by atoms with Crippen molar-refractivity contribution in [3.63, 3.8) is 0 Å². The Bertz CT molecular complexity index is 515. The summed E-state index contributed by atoms with van der Waals surface area (Å²) in [5.74, 6) is 1.72. The van der Waals surface area contributed by atoms with Gasteiger partial charge in [0.15, 0.2) is 17.3 Å². The molecule has 0 bridgehead atoms. The van der Waals surface area contributed by atoms with Crippen molar-refractivity contribution in [2.24, 2.45) is 5.92 Å². The van der Waals surface area contributed by atoms with Crippen LogP contribution in [0.5, 0.6) is 11.5 Å². The van der Waals surface area contributed by atoms with Gasteiger partial charge in [-0.05, 0) is 50.6 Å². The van der Waals surface area contributed by atoms with Crippen molar-refractivity contribution in [1.29, 1.82) is 0 Å². The minimum atomic E-state index is 0. The Labute approximate surface area is 138 Å². The average molecular weight is 326 g/mol. The Kier molecular flexibility index (Phi) is 6.09. The number of ether oxygens (including phenoxy) is 2. The third-order valence-corrected chi connectivity index (χ3v) is 4.45. The minimum Gasteiger partial charge on any atom is -0.454 e. The summed E-state index contributed by atoms with van der Waals surface area (Å²) >= 11 is 0. The zero-order valence-corrected chi connectivity index (χ0v) is 13.9. The first-order valence-corrected chi connectivity index (χ1v) is 7.94. The number of nitrogens with zero attached hydrogens (tertiary/aromatic N) is 1. The molecule has 0 aromatic heterocycles. The maximum absolute atomic E-state index is 12.7. The fourth-order valence-electron chi connectivity index (χ4n) is 3.14. The van der Waals surface area contributed by atoms with E-state index in [-0.39, 0.29) is 30.9 Å². The van der Waals surface area contributed by atoms with E-state index in [0.29, 0.717) is 5.75 Å². The first-order chi connectivity index (χ1) is 10.3. The molecule has 122 valence electrons. The summed E-state index contributed by atoms with van der Waals surface area (Å²) in [6, 6.07) is 5.52. The lowest BCUT2D eigenvalue weighted by molar-refractivity contribution is 0.0863.